The zero-order valence-electron chi connectivity index (χ0n) is 19.2. The summed E-state index contributed by atoms with van der Waals surface area (Å²) in [6.07, 6.45) is 5.17. The van der Waals surface area contributed by atoms with Crippen LogP contribution in [0.15, 0.2) is 24.4 Å². The predicted molar refractivity (Wildman–Crippen MR) is 129 cm³/mol. The van der Waals surface area contributed by atoms with Gasteiger partial charge in [0.15, 0.2) is 5.82 Å². The molecule has 2 aromatic heterocycles. The maximum atomic E-state index is 9.23. The minimum atomic E-state index is 0.201. The third kappa shape index (κ3) is 3.90. The maximum absolute atomic E-state index is 9.23. The Morgan fingerprint density at radius 2 is 2.00 bits per heavy atom. The van der Waals surface area contributed by atoms with E-state index in [1.807, 2.05) is 23.0 Å². The molecule has 2 unspecified atom stereocenters. The van der Waals surface area contributed by atoms with Gasteiger partial charge in [0.25, 0.3) is 0 Å². The van der Waals surface area contributed by atoms with E-state index in [-0.39, 0.29) is 12.7 Å². The van der Waals surface area contributed by atoms with Crippen LogP contribution in [0, 0.1) is 0 Å². The molecule has 1 aromatic carbocycles. The number of rotatable bonds is 6. The van der Waals surface area contributed by atoms with E-state index in [0.29, 0.717) is 23.8 Å². The molecule has 0 spiro atoms. The van der Waals surface area contributed by atoms with Crippen LogP contribution < -0.4 is 9.64 Å². The van der Waals surface area contributed by atoms with Crippen molar-refractivity contribution in [3.63, 3.8) is 0 Å². The van der Waals surface area contributed by atoms with Crippen LogP contribution in [-0.4, -0.2) is 88.4 Å². The van der Waals surface area contributed by atoms with Gasteiger partial charge in [-0.15, -0.1) is 0 Å². The molecule has 2 bridgehead atoms. The van der Waals surface area contributed by atoms with Crippen molar-refractivity contribution in [1.29, 1.82) is 0 Å². The van der Waals surface area contributed by atoms with Crippen LogP contribution in [0.4, 0.5) is 5.82 Å². The highest BCUT2D eigenvalue weighted by molar-refractivity contribution is 6.32. The predicted octanol–water partition coefficient (Wildman–Crippen LogP) is 2.63. The standard InChI is InChI=1S/C24H29ClN6O3/c1-33-24-27-22(30-13-18-9-17(30)14-34-18)11-23(28-24)31-21-10-19(20(25)8-16(21)12-26-31)15-2-4-29(5-3-15)6-7-32/h8,10-12,15,17-18,32H,2-7,9,13-14H2,1H3. The fourth-order valence-electron chi connectivity index (χ4n) is 5.59. The number of likely N-dealkylation sites (tertiary alicyclic amines) is 1. The fourth-order valence-corrected chi connectivity index (χ4v) is 5.92. The number of anilines is 1. The van der Waals surface area contributed by atoms with Gasteiger partial charge in [-0.05, 0) is 56.0 Å². The molecule has 0 radical (unpaired) electrons. The lowest BCUT2D eigenvalue weighted by Gasteiger charge is -2.32. The number of β-amino-alcohol motifs (C(OH)–C–C–N with tert-alkyl or cyclic N) is 1. The number of hydrogen-bond donors (Lipinski definition) is 1. The van der Waals surface area contributed by atoms with E-state index in [1.54, 1.807) is 7.11 Å². The summed E-state index contributed by atoms with van der Waals surface area (Å²) in [5.41, 5.74) is 2.12. The van der Waals surface area contributed by atoms with E-state index in [0.717, 1.165) is 79.4 Å². The summed E-state index contributed by atoms with van der Waals surface area (Å²) in [5.74, 6) is 1.89. The van der Waals surface area contributed by atoms with Crippen LogP contribution in [0.25, 0.3) is 16.7 Å². The largest absolute Gasteiger partial charge is 0.467 e. The molecule has 1 N–H and O–H groups in total. The normalized spacial score (nSPS) is 23.3. The molecule has 180 valence electrons. The molecule has 3 fully saturated rings. The lowest BCUT2D eigenvalue weighted by Crippen LogP contribution is -2.37. The van der Waals surface area contributed by atoms with Gasteiger partial charge >= 0.3 is 6.01 Å². The highest BCUT2D eigenvalue weighted by atomic mass is 35.5. The Morgan fingerprint density at radius 1 is 1.18 bits per heavy atom. The topological polar surface area (TPSA) is 88.8 Å². The summed E-state index contributed by atoms with van der Waals surface area (Å²) < 4.78 is 13.1. The van der Waals surface area contributed by atoms with Crippen LogP contribution in [-0.2, 0) is 4.74 Å². The highest BCUT2D eigenvalue weighted by Crippen LogP contribution is 2.37. The van der Waals surface area contributed by atoms with Crippen molar-refractivity contribution in [2.45, 2.75) is 37.3 Å². The molecule has 6 rings (SSSR count). The van der Waals surface area contributed by atoms with Gasteiger partial charge in [0, 0.05) is 29.6 Å². The number of benzene rings is 1. The van der Waals surface area contributed by atoms with E-state index in [1.165, 1.54) is 0 Å². The summed E-state index contributed by atoms with van der Waals surface area (Å²) >= 11 is 6.73. The number of aliphatic hydroxyl groups is 1. The minimum absolute atomic E-state index is 0.201. The number of methoxy groups -OCH3 is 1. The number of halogens is 1. The van der Waals surface area contributed by atoms with E-state index >= 15 is 0 Å². The molecule has 0 saturated carbocycles. The van der Waals surface area contributed by atoms with Crippen molar-refractivity contribution in [1.82, 2.24) is 24.6 Å². The molecule has 0 aliphatic carbocycles. The Morgan fingerprint density at radius 3 is 2.71 bits per heavy atom. The number of morpholine rings is 1. The van der Waals surface area contributed by atoms with Gasteiger partial charge < -0.3 is 24.4 Å². The second-order valence-corrected chi connectivity index (χ2v) is 9.80. The summed E-state index contributed by atoms with van der Waals surface area (Å²) in [6, 6.07) is 6.82. The van der Waals surface area contributed by atoms with Gasteiger partial charge in [-0.2, -0.15) is 15.1 Å². The van der Waals surface area contributed by atoms with Gasteiger partial charge in [-0.25, -0.2) is 4.68 Å². The highest BCUT2D eigenvalue weighted by Gasteiger charge is 2.40. The van der Waals surface area contributed by atoms with Crippen molar-refractivity contribution < 1.29 is 14.6 Å². The second-order valence-electron chi connectivity index (χ2n) is 9.40. The fraction of sp³-hybridized carbons (Fsp3) is 0.542. The Kier molecular flexibility index (Phi) is 5.81. The smallest absolute Gasteiger partial charge is 0.320 e. The lowest BCUT2D eigenvalue weighted by molar-refractivity contribution is 0.0988. The van der Waals surface area contributed by atoms with Crippen molar-refractivity contribution in [3.05, 3.63) is 35.0 Å². The van der Waals surface area contributed by atoms with Crippen molar-refractivity contribution in [3.8, 4) is 11.8 Å². The number of hydrogen-bond acceptors (Lipinski definition) is 8. The molecule has 5 heterocycles. The summed E-state index contributed by atoms with van der Waals surface area (Å²) in [6.45, 7) is 4.43. The van der Waals surface area contributed by atoms with Crippen LogP contribution in [0.5, 0.6) is 6.01 Å². The number of aromatic nitrogens is 4. The quantitative estimate of drug-likeness (QED) is 0.571. The third-order valence-electron chi connectivity index (χ3n) is 7.40. The van der Waals surface area contributed by atoms with Gasteiger partial charge in [0.2, 0.25) is 0 Å². The number of ether oxygens (including phenoxy) is 2. The Balaban J connectivity index is 1.35. The average Bonchev–Trinajstić information content (AvgIpc) is 3.60. The molecule has 3 saturated heterocycles. The molecule has 3 aliphatic rings. The molecule has 9 nitrogen and oxygen atoms in total. The molecular formula is C24H29ClN6O3. The number of aliphatic hydroxyl groups excluding tert-OH is 1. The minimum Gasteiger partial charge on any atom is -0.467 e. The van der Waals surface area contributed by atoms with Crippen molar-refractivity contribution in [2.24, 2.45) is 0 Å². The zero-order chi connectivity index (χ0) is 23.2. The number of fused-ring (bicyclic) bond motifs is 3. The number of piperidine rings is 1. The van der Waals surface area contributed by atoms with Gasteiger partial charge in [-0.3, -0.25) is 0 Å². The summed E-state index contributed by atoms with van der Waals surface area (Å²) in [7, 11) is 1.59. The first-order valence-corrected chi connectivity index (χ1v) is 12.3. The molecule has 3 aromatic rings. The lowest BCUT2D eigenvalue weighted by atomic mass is 9.89. The first-order valence-electron chi connectivity index (χ1n) is 11.9. The molecular weight excluding hydrogens is 456 g/mol. The van der Waals surface area contributed by atoms with E-state index in [2.05, 4.69) is 30.9 Å². The van der Waals surface area contributed by atoms with Crippen LogP contribution in [0.1, 0.15) is 30.7 Å². The van der Waals surface area contributed by atoms with Crippen LogP contribution >= 0.6 is 11.6 Å². The first-order chi connectivity index (χ1) is 16.6. The van der Waals surface area contributed by atoms with E-state index < -0.39 is 0 Å². The van der Waals surface area contributed by atoms with Crippen LogP contribution in [0.2, 0.25) is 5.02 Å². The summed E-state index contributed by atoms with van der Waals surface area (Å²) in [5, 5.41) is 15.6. The Labute approximate surface area is 203 Å². The molecule has 34 heavy (non-hydrogen) atoms. The third-order valence-corrected chi connectivity index (χ3v) is 7.73. The summed E-state index contributed by atoms with van der Waals surface area (Å²) in [4.78, 5) is 13.8. The molecule has 2 atom stereocenters. The molecule has 0 amide bonds. The molecule has 10 heteroatoms. The SMILES string of the molecule is COc1nc(N2CC3CC2CO3)cc(-n2ncc3cc(Cl)c(C4CCN(CCO)CC4)cc32)n1. The maximum Gasteiger partial charge on any atom is 0.320 e. The number of nitrogens with zero attached hydrogens (tertiary/aromatic N) is 6. The van der Waals surface area contributed by atoms with Gasteiger partial charge in [0.1, 0.15) is 5.82 Å². The van der Waals surface area contributed by atoms with E-state index in [4.69, 9.17) is 21.1 Å². The zero-order valence-corrected chi connectivity index (χ0v) is 20.0. The second kappa shape index (κ2) is 8.96. The van der Waals surface area contributed by atoms with Crippen molar-refractivity contribution >= 4 is 28.3 Å². The average molecular weight is 485 g/mol. The van der Waals surface area contributed by atoms with Gasteiger partial charge in [-0.1, -0.05) is 11.6 Å². The van der Waals surface area contributed by atoms with E-state index in [9.17, 15) is 5.11 Å². The Bertz CT molecular complexity index is 1190. The van der Waals surface area contributed by atoms with Crippen LogP contribution in [0.3, 0.4) is 0 Å². The monoisotopic (exact) mass is 484 g/mol. The van der Waals surface area contributed by atoms with Crippen molar-refractivity contribution in [2.75, 3.05) is 51.4 Å². The Hall–Kier alpha value is -2.46. The first kappa shape index (κ1) is 22.0. The van der Waals surface area contributed by atoms with Gasteiger partial charge in [0.05, 0.1) is 44.2 Å². The molecule has 3 aliphatic heterocycles.